The van der Waals surface area contributed by atoms with E-state index in [4.69, 9.17) is 10.5 Å². The van der Waals surface area contributed by atoms with Gasteiger partial charge in [-0.15, -0.1) is 0 Å². The number of rotatable bonds is 7. The monoisotopic (exact) mass is 452 g/mol. The van der Waals surface area contributed by atoms with Crippen molar-refractivity contribution in [2.45, 2.75) is 31.4 Å². The Kier molecular flexibility index (Phi) is 5.88. The Bertz CT molecular complexity index is 1040. The molecule has 8 nitrogen and oxygen atoms in total. The Morgan fingerprint density at radius 3 is 2.64 bits per heavy atom. The highest BCUT2D eigenvalue weighted by atomic mass is 19.1. The van der Waals surface area contributed by atoms with E-state index in [1.54, 1.807) is 0 Å². The predicted molar refractivity (Wildman–Crippen MR) is 124 cm³/mol. The Labute approximate surface area is 192 Å². The van der Waals surface area contributed by atoms with Crippen LogP contribution in [-0.4, -0.2) is 53.1 Å². The minimum absolute atomic E-state index is 0.0620. The Hall–Kier alpha value is -3.20. The smallest absolute Gasteiger partial charge is 0.229 e. The number of fused-ring (bicyclic) bond motifs is 2. The summed E-state index contributed by atoms with van der Waals surface area (Å²) >= 11 is 0. The number of amides is 1. The van der Waals surface area contributed by atoms with Gasteiger partial charge in [-0.25, -0.2) is 9.37 Å². The van der Waals surface area contributed by atoms with Gasteiger partial charge >= 0.3 is 0 Å². The van der Waals surface area contributed by atoms with Crippen LogP contribution in [0.3, 0.4) is 0 Å². The molecule has 0 spiro atoms. The number of piperidine rings is 1. The summed E-state index contributed by atoms with van der Waals surface area (Å²) in [4.78, 5) is 22.6. The van der Waals surface area contributed by atoms with E-state index in [0.717, 1.165) is 50.0 Å². The number of primary amides is 1. The summed E-state index contributed by atoms with van der Waals surface area (Å²) < 4.78 is 20.5. The highest BCUT2D eigenvalue weighted by Gasteiger charge is 2.47. The van der Waals surface area contributed by atoms with Gasteiger partial charge < -0.3 is 26.0 Å². The van der Waals surface area contributed by atoms with Gasteiger partial charge in [-0.05, 0) is 62.4 Å². The molecule has 1 unspecified atom stereocenters. The molecule has 1 amide bonds. The van der Waals surface area contributed by atoms with E-state index in [1.165, 1.54) is 0 Å². The fourth-order valence-electron chi connectivity index (χ4n) is 5.13. The second-order valence-electron chi connectivity index (χ2n) is 9.21. The number of carbonyl (C=O) groups is 1. The van der Waals surface area contributed by atoms with Crippen molar-refractivity contribution in [2.75, 3.05) is 30.8 Å². The number of nitrogens with two attached hydrogens (primary N) is 1. The average Bonchev–Trinajstić information content (AvgIpc) is 3.41. The maximum Gasteiger partial charge on any atom is 0.229 e. The standard InChI is InChI=1S/C24H29FN6O2/c1-31-10-8-18(9-11-31)33-17-6-4-16(5-7-17)28-24-27-13-19(25)23(30-24)29-21-15-3-2-14(12-15)20(21)22(26)32/h2-7,13-15,18,20-21H,8-12H2,1H3,(H2,26,32)(H2,27,28,29,30)/t14?,15-,20-,21+/m0/s1. The van der Waals surface area contributed by atoms with E-state index in [0.29, 0.717) is 0 Å². The number of nitrogens with one attached hydrogen (secondary N) is 2. The molecule has 5 rings (SSSR count). The molecule has 2 heterocycles. The normalized spacial score (nSPS) is 27.0. The number of carbonyl (C=O) groups excluding carboxylic acids is 1. The molecule has 4 atom stereocenters. The van der Waals surface area contributed by atoms with Crippen molar-refractivity contribution >= 4 is 23.4 Å². The number of anilines is 3. The van der Waals surface area contributed by atoms with Gasteiger partial charge in [0, 0.05) is 24.8 Å². The molecule has 2 aliphatic carbocycles. The van der Waals surface area contributed by atoms with E-state index >= 15 is 0 Å². The van der Waals surface area contributed by atoms with Gasteiger partial charge in [-0.2, -0.15) is 4.98 Å². The third kappa shape index (κ3) is 4.64. The molecule has 1 aliphatic heterocycles. The van der Waals surface area contributed by atoms with Gasteiger partial charge in [0.2, 0.25) is 11.9 Å². The average molecular weight is 453 g/mol. The zero-order valence-electron chi connectivity index (χ0n) is 18.6. The lowest BCUT2D eigenvalue weighted by atomic mass is 9.88. The van der Waals surface area contributed by atoms with Gasteiger partial charge in [0.1, 0.15) is 11.9 Å². The summed E-state index contributed by atoms with van der Waals surface area (Å²) in [6, 6.07) is 7.30. The molecule has 1 saturated heterocycles. The molecule has 2 fully saturated rings. The second kappa shape index (κ2) is 8.97. The molecular formula is C24H29FN6O2. The lowest BCUT2D eigenvalue weighted by Gasteiger charge is -2.29. The van der Waals surface area contributed by atoms with Gasteiger partial charge in [0.05, 0.1) is 12.1 Å². The summed E-state index contributed by atoms with van der Waals surface area (Å²) in [6.07, 6.45) is 8.33. The Morgan fingerprint density at radius 2 is 1.91 bits per heavy atom. The number of ether oxygens (including phenoxy) is 1. The zero-order chi connectivity index (χ0) is 22.9. The molecule has 0 radical (unpaired) electrons. The van der Waals surface area contributed by atoms with Crippen LogP contribution < -0.4 is 21.1 Å². The van der Waals surface area contributed by atoms with Crippen LogP contribution in [0.2, 0.25) is 0 Å². The predicted octanol–water partition coefficient (Wildman–Crippen LogP) is 2.92. The van der Waals surface area contributed by atoms with Crippen LogP contribution in [0.5, 0.6) is 5.75 Å². The molecule has 3 aliphatic rings. The SMILES string of the molecule is CN1CCC(Oc2ccc(Nc3ncc(F)c(N[C@@H]4[C@H]5C=CC(C5)[C@@H]4C(N)=O)n3)cc2)CC1. The molecule has 174 valence electrons. The summed E-state index contributed by atoms with van der Waals surface area (Å²) in [6.45, 7) is 2.09. The Morgan fingerprint density at radius 1 is 1.18 bits per heavy atom. The van der Waals surface area contributed by atoms with Crippen LogP contribution in [0.25, 0.3) is 0 Å². The maximum absolute atomic E-state index is 14.5. The van der Waals surface area contributed by atoms with Gasteiger partial charge in [0.15, 0.2) is 11.6 Å². The van der Waals surface area contributed by atoms with Crippen molar-refractivity contribution in [3.63, 3.8) is 0 Å². The number of allylic oxidation sites excluding steroid dienone is 1. The number of hydrogen-bond donors (Lipinski definition) is 3. The largest absolute Gasteiger partial charge is 0.490 e. The zero-order valence-corrected chi connectivity index (χ0v) is 18.6. The van der Waals surface area contributed by atoms with Gasteiger partial charge in [0.25, 0.3) is 0 Å². The molecule has 2 bridgehead atoms. The third-order valence-corrected chi connectivity index (χ3v) is 6.91. The fourth-order valence-corrected chi connectivity index (χ4v) is 5.13. The highest BCUT2D eigenvalue weighted by Crippen LogP contribution is 2.44. The van der Waals surface area contributed by atoms with Gasteiger partial charge in [-0.3, -0.25) is 4.79 Å². The van der Waals surface area contributed by atoms with E-state index in [9.17, 15) is 9.18 Å². The second-order valence-corrected chi connectivity index (χ2v) is 9.21. The van der Waals surface area contributed by atoms with E-state index in [2.05, 4.69) is 38.6 Å². The number of hydrogen-bond acceptors (Lipinski definition) is 7. The lowest BCUT2D eigenvalue weighted by molar-refractivity contribution is -0.122. The summed E-state index contributed by atoms with van der Waals surface area (Å²) in [5, 5.41) is 6.22. The van der Waals surface area contributed by atoms with Crippen molar-refractivity contribution in [3.05, 3.63) is 48.4 Å². The van der Waals surface area contributed by atoms with Crippen LogP contribution in [0.4, 0.5) is 21.8 Å². The first kappa shape index (κ1) is 21.6. The molecule has 9 heteroatoms. The first-order chi connectivity index (χ1) is 16.0. The van der Waals surface area contributed by atoms with Crippen LogP contribution in [-0.2, 0) is 4.79 Å². The molecule has 1 aromatic carbocycles. The minimum atomic E-state index is -0.572. The number of halogens is 1. The summed E-state index contributed by atoms with van der Waals surface area (Å²) in [5.74, 6) is 0.0570. The first-order valence-corrected chi connectivity index (χ1v) is 11.5. The molecule has 4 N–H and O–H groups in total. The number of benzene rings is 1. The molecular weight excluding hydrogens is 423 g/mol. The van der Waals surface area contributed by atoms with Crippen molar-refractivity contribution in [3.8, 4) is 5.75 Å². The summed E-state index contributed by atoms with van der Waals surface area (Å²) in [5.41, 5.74) is 6.38. The van der Waals surface area contributed by atoms with Crippen molar-refractivity contribution in [1.82, 2.24) is 14.9 Å². The fraction of sp³-hybridized carbons (Fsp3) is 0.458. The maximum atomic E-state index is 14.5. The van der Waals surface area contributed by atoms with Crippen molar-refractivity contribution in [1.29, 1.82) is 0 Å². The number of likely N-dealkylation sites (tertiary alicyclic amines) is 1. The Balaban J connectivity index is 1.24. The van der Waals surface area contributed by atoms with Crippen LogP contribution >= 0.6 is 0 Å². The van der Waals surface area contributed by atoms with Crippen LogP contribution in [0.15, 0.2) is 42.6 Å². The van der Waals surface area contributed by atoms with Crippen molar-refractivity contribution < 1.29 is 13.9 Å². The third-order valence-electron chi connectivity index (χ3n) is 6.91. The van der Waals surface area contributed by atoms with E-state index < -0.39 is 5.82 Å². The molecule has 1 saturated carbocycles. The van der Waals surface area contributed by atoms with Crippen molar-refractivity contribution in [2.24, 2.45) is 23.5 Å². The summed E-state index contributed by atoms with van der Waals surface area (Å²) in [7, 11) is 2.13. The van der Waals surface area contributed by atoms with Gasteiger partial charge in [-0.1, -0.05) is 12.2 Å². The van der Waals surface area contributed by atoms with E-state index in [-0.39, 0.29) is 47.6 Å². The number of aromatic nitrogens is 2. The van der Waals surface area contributed by atoms with E-state index in [1.807, 2.05) is 30.3 Å². The minimum Gasteiger partial charge on any atom is -0.490 e. The molecule has 1 aromatic heterocycles. The first-order valence-electron chi connectivity index (χ1n) is 11.5. The van der Waals surface area contributed by atoms with Crippen LogP contribution in [0, 0.1) is 23.6 Å². The highest BCUT2D eigenvalue weighted by molar-refractivity contribution is 5.79. The quantitative estimate of drug-likeness (QED) is 0.555. The lowest BCUT2D eigenvalue weighted by Crippen LogP contribution is -2.41. The molecule has 2 aromatic rings. The van der Waals surface area contributed by atoms with Crippen LogP contribution in [0.1, 0.15) is 19.3 Å². The number of nitrogens with zero attached hydrogens (tertiary/aromatic N) is 3. The molecule has 33 heavy (non-hydrogen) atoms. The topological polar surface area (TPSA) is 105 Å².